The van der Waals surface area contributed by atoms with Gasteiger partial charge in [-0.1, -0.05) is 30.3 Å². The molecular weight excluding hydrogens is 360 g/mol. The summed E-state index contributed by atoms with van der Waals surface area (Å²) >= 11 is 0. The molecule has 0 N–H and O–H groups in total. The number of nitrogens with zero attached hydrogens (tertiary/aromatic N) is 4. The van der Waals surface area contributed by atoms with Crippen molar-refractivity contribution >= 4 is 11.8 Å². The fourth-order valence-electron chi connectivity index (χ4n) is 3.39. The van der Waals surface area contributed by atoms with Crippen LogP contribution in [0.5, 0.6) is 0 Å². The molecule has 0 saturated carbocycles. The Morgan fingerprint density at radius 3 is 2.29 bits per heavy atom. The number of benzene rings is 1. The van der Waals surface area contributed by atoms with Gasteiger partial charge >= 0.3 is 0 Å². The molecule has 8 heteroatoms. The number of amides is 2. The Kier molecular flexibility index (Phi) is 5.18. The molecule has 0 unspecified atom stereocenters. The molecule has 3 aromatic rings. The fourth-order valence-corrected chi connectivity index (χ4v) is 3.39. The summed E-state index contributed by atoms with van der Waals surface area (Å²) in [7, 11) is 0. The summed E-state index contributed by atoms with van der Waals surface area (Å²) in [4.78, 5) is 36.8. The molecule has 28 heavy (non-hydrogen) atoms. The zero-order valence-corrected chi connectivity index (χ0v) is 15.2. The van der Waals surface area contributed by atoms with Crippen molar-refractivity contribution in [1.29, 1.82) is 0 Å². The number of likely N-dealkylation sites (tertiary alicyclic amines) is 1. The molecule has 0 aliphatic carbocycles. The maximum Gasteiger partial charge on any atom is 0.242 e. The van der Waals surface area contributed by atoms with Crippen LogP contribution in [0, 0.1) is 0 Å². The molecule has 2 aromatic heterocycles. The molecule has 0 spiro atoms. The summed E-state index contributed by atoms with van der Waals surface area (Å²) in [5, 5.41) is 0. The lowest BCUT2D eigenvalue weighted by Gasteiger charge is -2.24. The van der Waals surface area contributed by atoms with E-state index in [1.165, 1.54) is 25.3 Å². The molecule has 0 radical (unpaired) electrons. The van der Waals surface area contributed by atoms with Crippen molar-refractivity contribution in [3.05, 3.63) is 72.6 Å². The van der Waals surface area contributed by atoms with E-state index in [4.69, 9.17) is 8.83 Å². The molecule has 1 saturated heterocycles. The average Bonchev–Trinajstić information content (AvgIpc) is 3.46. The SMILES string of the molecule is O=C(CN1C[C@H](c2ccccc2)CC1=O)N(Cc1cocn1)Cc1cocn1. The second-order valence-electron chi connectivity index (χ2n) is 6.80. The summed E-state index contributed by atoms with van der Waals surface area (Å²) in [5.74, 6) is -0.0703. The Bertz CT molecular complexity index is 873. The van der Waals surface area contributed by atoms with E-state index in [9.17, 15) is 9.59 Å². The largest absolute Gasteiger partial charge is 0.451 e. The first-order chi connectivity index (χ1) is 13.7. The molecule has 2 amide bonds. The second-order valence-corrected chi connectivity index (χ2v) is 6.80. The minimum Gasteiger partial charge on any atom is -0.451 e. The van der Waals surface area contributed by atoms with Crippen molar-refractivity contribution in [2.75, 3.05) is 13.1 Å². The van der Waals surface area contributed by atoms with Gasteiger partial charge in [0.1, 0.15) is 12.5 Å². The summed E-state index contributed by atoms with van der Waals surface area (Å²) < 4.78 is 9.99. The predicted octanol–water partition coefficient (Wildman–Crippen LogP) is 2.21. The highest BCUT2D eigenvalue weighted by Gasteiger charge is 2.32. The predicted molar refractivity (Wildman–Crippen MR) is 97.6 cm³/mol. The van der Waals surface area contributed by atoms with Crippen LogP contribution in [0.15, 0.2) is 64.5 Å². The summed E-state index contributed by atoms with van der Waals surface area (Å²) in [6.45, 7) is 1.10. The maximum absolute atomic E-state index is 13.0. The number of hydrogen-bond acceptors (Lipinski definition) is 6. The lowest BCUT2D eigenvalue weighted by Crippen LogP contribution is -2.40. The number of rotatable bonds is 7. The fraction of sp³-hybridized carbons (Fsp3) is 0.300. The monoisotopic (exact) mass is 380 g/mol. The zero-order valence-electron chi connectivity index (χ0n) is 15.2. The van der Waals surface area contributed by atoms with Gasteiger partial charge < -0.3 is 18.6 Å². The van der Waals surface area contributed by atoms with Crippen LogP contribution in [0.1, 0.15) is 29.3 Å². The highest BCUT2D eigenvalue weighted by Crippen LogP contribution is 2.28. The summed E-state index contributed by atoms with van der Waals surface area (Å²) in [5.41, 5.74) is 2.38. The Balaban J connectivity index is 1.43. The van der Waals surface area contributed by atoms with Crippen LogP contribution >= 0.6 is 0 Å². The molecule has 3 heterocycles. The molecule has 1 aliphatic heterocycles. The van der Waals surface area contributed by atoms with Crippen molar-refractivity contribution < 1.29 is 18.4 Å². The lowest BCUT2D eigenvalue weighted by atomic mass is 9.99. The third-order valence-electron chi connectivity index (χ3n) is 4.84. The minimum atomic E-state index is -0.173. The van der Waals surface area contributed by atoms with Gasteiger partial charge in [0.25, 0.3) is 0 Å². The first kappa shape index (κ1) is 18.0. The van der Waals surface area contributed by atoms with Crippen LogP contribution < -0.4 is 0 Å². The first-order valence-electron chi connectivity index (χ1n) is 9.03. The van der Waals surface area contributed by atoms with E-state index in [0.717, 1.165) is 5.56 Å². The van der Waals surface area contributed by atoms with Gasteiger partial charge in [-0.3, -0.25) is 9.59 Å². The highest BCUT2D eigenvalue weighted by molar-refractivity contribution is 5.86. The van der Waals surface area contributed by atoms with Gasteiger partial charge in [-0.15, -0.1) is 0 Å². The molecule has 4 rings (SSSR count). The van der Waals surface area contributed by atoms with E-state index in [1.54, 1.807) is 9.80 Å². The van der Waals surface area contributed by atoms with Crippen molar-refractivity contribution in [3.63, 3.8) is 0 Å². The third-order valence-corrected chi connectivity index (χ3v) is 4.84. The van der Waals surface area contributed by atoms with E-state index in [-0.39, 0.29) is 37.4 Å². The van der Waals surface area contributed by atoms with E-state index in [1.807, 2.05) is 30.3 Å². The molecule has 8 nitrogen and oxygen atoms in total. The highest BCUT2D eigenvalue weighted by atomic mass is 16.3. The van der Waals surface area contributed by atoms with Gasteiger partial charge in [0.15, 0.2) is 12.8 Å². The van der Waals surface area contributed by atoms with Crippen molar-refractivity contribution in [2.24, 2.45) is 0 Å². The van der Waals surface area contributed by atoms with Crippen LogP contribution in [0.25, 0.3) is 0 Å². The molecule has 1 aliphatic rings. The van der Waals surface area contributed by atoms with Gasteiger partial charge in [0, 0.05) is 18.9 Å². The Labute approximate surface area is 161 Å². The zero-order chi connectivity index (χ0) is 19.3. The quantitative estimate of drug-likeness (QED) is 0.624. The van der Waals surface area contributed by atoms with Crippen LogP contribution in [-0.4, -0.2) is 44.7 Å². The molecule has 1 fully saturated rings. The van der Waals surface area contributed by atoms with Crippen LogP contribution in [0.3, 0.4) is 0 Å². The number of carbonyl (C=O) groups excluding carboxylic acids is 2. The number of carbonyl (C=O) groups is 2. The van der Waals surface area contributed by atoms with Crippen molar-refractivity contribution in [3.8, 4) is 0 Å². The van der Waals surface area contributed by atoms with E-state index in [2.05, 4.69) is 9.97 Å². The van der Waals surface area contributed by atoms with E-state index < -0.39 is 0 Å². The Morgan fingerprint density at radius 2 is 1.71 bits per heavy atom. The Morgan fingerprint density at radius 1 is 1.07 bits per heavy atom. The standard InChI is InChI=1S/C20H20N4O4/c25-19-6-16(15-4-2-1-3-5-15)7-23(19)10-20(26)24(8-17-11-27-13-21-17)9-18-12-28-14-22-18/h1-5,11-14,16H,6-10H2/t16-/m1/s1. The normalized spacial score (nSPS) is 16.5. The first-order valence-corrected chi connectivity index (χ1v) is 9.03. The average molecular weight is 380 g/mol. The van der Waals surface area contributed by atoms with E-state index >= 15 is 0 Å². The van der Waals surface area contributed by atoms with Gasteiger partial charge in [0.2, 0.25) is 11.8 Å². The van der Waals surface area contributed by atoms with Gasteiger partial charge in [-0.25, -0.2) is 9.97 Å². The third kappa shape index (κ3) is 4.11. The van der Waals surface area contributed by atoms with Gasteiger partial charge in [-0.05, 0) is 5.56 Å². The second kappa shape index (κ2) is 8.08. The van der Waals surface area contributed by atoms with Crippen molar-refractivity contribution in [1.82, 2.24) is 19.8 Å². The smallest absolute Gasteiger partial charge is 0.242 e. The maximum atomic E-state index is 13.0. The number of oxazole rings is 2. The summed E-state index contributed by atoms with van der Waals surface area (Å²) in [6.07, 6.45) is 6.06. The van der Waals surface area contributed by atoms with Gasteiger partial charge in [0.05, 0.1) is 31.0 Å². The van der Waals surface area contributed by atoms with Crippen LogP contribution in [0.4, 0.5) is 0 Å². The van der Waals surface area contributed by atoms with Crippen LogP contribution in [0.2, 0.25) is 0 Å². The lowest BCUT2D eigenvalue weighted by molar-refractivity contribution is -0.139. The molecule has 144 valence electrons. The molecule has 1 atom stereocenters. The minimum absolute atomic E-state index is 0.00924. The molecular formula is C20H20N4O4. The number of aromatic nitrogens is 2. The molecule has 0 bridgehead atoms. The van der Waals surface area contributed by atoms with E-state index in [0.29, 0.717) is 24.4 Å². The topological polar surface area (TPSA) is 92.7 Å². The summed E-state index contributed by atoms with van der Waals surface area (Å²) in [6, 6.07) is 9.92. The molecule has 1 aromatic carbocycles. The van der Waals surface area contributed by atoms with Crippen molar-refractivity contribution in [2.45, 2.75) is 25.4 Å². The van der Waals surface area contributed by atoms with Crippen LogP contribution in [-0.2, 0) is 22.7 Å². The number of hydrogen-bond donors (Lipinski definition) is 0. The Hall–Kier alpha value is -3.42. The van der Waals surface area contributed by atoms with Gasteiger partial charge in [-0.2, -0.15) is 0 Å².